The zero-order valence-corrected chi connectivity index (χ0v) is 5.96. The highest BCUT2D eigenvalue weighted by atomic mass is 16.5. The minimum Gasteiger partial charge on any atom is -0.351 e. The van der Waals surface area contributed by atoms with Crippen molar-refractivity contribution < 1.29 is 4.52 Å². The van der Waals surface area contributed by atoms with E-state index < -0.39 is 0 Å². The number of anilines is 2. The molecule has 0 aliphatic carbocycles. The van der Waals surface area contributed by atoms with Gasteiger partial charge in [-0.25, -0.2) is 0 Å². The smallest absolute Gasteiger partial charge is 0.320 e. The molecule has 0 fully saturated rings. The first-order valence-corrected chi connectivity index (χ1v) is 3.04. The highest BCUT2D eigenvalue weighted by molar-refractivity contribution is 5.27. The van der Waals surface area contributed by atoms with Gasteiger partial charge in [0, 0.05) is 6.04 Å². The topological polar surface area (TPSA) is 77.0 Å². The Morgan fingerprint density at radius 1 is 1.60 bits per heavy atom. The Labute approximate surface area is 58.6 Å². The molecule has 0 saturated carbocycles. The van der Waals surface area contributed by atoms with Gasteiger partial charge in [0.05, 0.1) is 0 Å². The van der Waals surface area contributed by atoms with Crippen molar-refractivity contribution in [2.75, 3.05) is 11.1 Å². The lowest BCUT2D eigenvalue weighted by molar-refractivity contribution is 0.436. The largest absolute Gasteiger partial charge is 0.351 e. The summed E-state index contributed by atoms with van der Waals surface area (Å²) in [5.41, 5.74) is 5.17. The predicted molar refractivity (Wildman–Crippen MR) is 37.5 cm³/mol. The van der Waals surface area contributed by atoms with Crippen LogP contribution in [0.25, 0.3) is 0 Å². The molecule has 1 rings (SSSR count). The molecule has 0 spiro atoms. The van der Waals surface area contributed by atoms with Crippen LogP contribution in [0.4, 0.5) is 12.0 Å². The first kappa shape index (κ1) is 6.85. The fourth-order valence-electron chi connectivity index (χ4n) is 0.552. The van der Waals surface area contributed by atoms with Gasteiger partial charge in [-0.3, -0.25) is 0 Å². The van der Waals surface area contributed by atoms with E-state index >= 15 is 0 Å². The molecule has 0 aromatic carbocycles. The quantitative estimate of drug-likeness (QED) is 0.627. The lowest BCUT2D eigenvalue weighted by Crippen LogP contribution is -2.10. The molecular weight excluding hydrogens is 132 g/mol. The lowest BCUT2D eigenvalue weighted by atomic mass is 10.4. The van der Waals surface area contributed by atoms with Crippen LogP contribution in [0.2, 0.25) is 0 Å². The van der Waals surface area contributed by atoms with E-state index in [9.17, 15) is 0 Å². The van der Waals surface area contributed by atoms with E-state index in [1.165, 1.54) is 0 Å². The molecule has 0 aliphatic rings. The number of aromatic nitrogens is 2. The third kappa shape index (κ3) is 1.61. The third-order valence-corrected chi connectivity index (χ3v) is 0.860. The van der Waals surface area contributed by atoms with Crippen LogP contribution < -0.4 is 11.1 Å². The Hall–Kier alpha value is -1.26. The molecule has 1 aromatic heterocycles. The van der Waals surface area contributed by atoms with Crippen LogP contribution in [0.15, 0.2) is 4.52 Å². The van der Waals surface area contributed by atoms with Crippen molar-refractivity contribution in [1.82, 2.24) is 10.1 Å². The minimum atomic E-state index is 0.0863. The SMILES string of the molecule is CC(C)Nc1noc(N)n1. The summed E-state index contributed by atoms with van der Waals surface area (Å²) in [5, 5.41) is 6.46. The third-order valence-electron chi connectivity index (χ3n) is 0.860. The number of rotatable bonds is 2. The van der Waals surface area contributed by atoms with Gasteiger partial charge in [0.15, 0.2) is 0 Å². The summed E-state index contributed by atoms with van der Waals surface area (Å²) < 4.78 is 4.52. The summed E-state index contributed by atoms with van der Waals surface area (Å²) in [5.74, 6) is 0.438. The van der Waals surface area contributed by atoms with Gasteiger partial charge in [-0.1, -0.05) is 0 Å². The Morgan fingerprint density at radius 3 is 2.70 bits per heavy atom. The summed E-state index contributed by atoms with van der Waals surface area (Å²) in [4.78, 5) is 3.74. The van der Waals surface area contributed by atoms with Crippen LogP contribution in [0.5, 0.6) is 0 Å². The van der Waals surface area contributed by atoms with E-state index in [4.69, 9.17) is 5.73 Å². The molecule has 0 atom stereocenters. The van der Waals surface area contributed by atoms with Crippen molar-refractivity contribution >= 4 is 12.0 Å². The minimum absolute atomic E-state index is 0.0863. The molecule has 1 heterocycles. The molecule has 56 valence electrons. The average Bonchev–Trinajstić information content (AvgIpc) is 2.13. The first-order valence-electron chi connectivity index (χ1n) is 3.04. The molecule has 0 radical (unpaired) electrons. The van der Waals surface area contributed by atoms with Gasteiger partial charge in [-0.05, 0) is 19.0 Å². The summed E-state index contributed by atoms with van der Waals surface area (Å²) in [6, 6.07) is 0.375. The number of hydrogen-bond donors (Lipinski definition) is 2. The number of hydrogen-bond acceptors (Lipinski definition) is 5. The molecule has 0 amide bonds. The van der Waals surface area contributed by atoms with Gasteiger partial charge in [0.25, 0.3) is 5.95 Å². The van der Waals surface area contributed by atoms with Gasteiger partial charge >= 0.3 is 6.01 Å². The number of nitrogen functional groups attached to an aromatic ring is 1. The predicted octanol–water partition coefficient (Wildman–Crippen LogP) is 0.472. The van der Waals surface area contributed by atoms with E-state index in [0.717, 1.165) is 0 Å². The maximum Gasteiger partial charge on any atom is 0.320 e. The second kappa shape index (κ2) is 2.55. The van der Waals surface area contributed by atoms with Crippen molar-refractivity contribution in [2.24, 2.45) is 0 Å². The van der Waals surface area contributed by atoms with Crippen molar-refractivity contribution in [3.8, 4) is 0 Å². The summed E-state index contributed by atoms with van der Waals surface area (Å²) in [7, 11) is 0. The zero-order chi connectivity index (χ0) is 7.56. The fraction of sp³-hybridized carbons (Fsp3) is 0.600. The van der Waals surface area contributed by atoms with Crippen molar-refractivity contribution in [3.63, 3.8) is 0 Å². The van der Waals surface area contributed by atoms with Gasteiger partial charge < -0.3 is 15.6 Å². The Balaban J connectivity index is 2.58. The van der Waals surface area contributed by atoms with E-state index in [0.29, 0.717) is 5.95 Å². The van der Waals surface area contributed by atoms with Crippen molar-refractivity contribution in [3.05, 3.63) is 0 Å². The molecule has 0 saturated heterocycles. The monoisotopic (exact) mass is 142 g/mol. The Bertz CT molecular complexity index is 207. The van der Waals surface area contributed by atoms with Gasteiger partial charge in [-0.2, -0.15) is 4.98 Å². The van der Waals surface area contributed by atoms with Crippen molar-refractivity contribution in [2.45, 2.75) is 19.9 Å². The van der Waals surface area contributed by atoms with Crippen LogP contribution in [0.3, 0.4) is 0 Å². The second-order valence-electron chi connectivity index (χ2n) is 2.26. The van der Waals surface area contributed by atoms with E-state index in [1.807, 2.05) is 13.8 Å². The van der Waals surface area contributed by atoms with Gasteiger partial charge in [0.2, 0.25) is 0 Å². The Kier molecular flexibility index (Phi) is 1.75. The maximum atomic E-state index is 5.17. The number of nitrogens with one attached hydrogen (secondary N) is 1. The molecule has 10 heavy (non-hydrogen) atoms. The zero-order valence-electron chi connectivity index (χ0n) is 5.96. The van der Waals surface area contributed by atoms with Crippen molar-refractivity contribution in [1.29, 1.82) is 0 Å². The molecule has 0 bridgehead atoms. The van der Waals surface area contributed by atoms with E-state index in [-0.39, 0.29) is 12.1 Å². The standard InChI is InChI=1S/C5H10N4O/c1-3(2)7-5-8-4(6)10-9-5/h3H,1-2H3,(H3,6,7,8,9). The molecule has 5 heteroatoms. The fourth-order valence-corrected chi connectivity index (χ4v) is 0.552. The summed E-state index contributed by atoms with van der Waals surface area (Å²) >= 11 is 0. The summed E-state index contributed by atoms with van der Waals surface area (Å²) in [6.07, 6.45) is 0. The van der Waals surface area contributed by atoms with Crippen LogP contribution in [-0.2, 0) is 0 Å². The first-order chi connectivity index (χ1) is 4.68. The maximum absolute atomic E-state index is 5.17. The van der Waals surface area contributed by atoms with E-state index in [1.54, 1.807) is 0 Å². The number of nitrogens with two attached hydrogens (primary N) is 1. The second-order valence-corrected chi connectivity index (χ2v) is 2.26. The molecule has 3 N–H and O–H groups in total. The van der Waals surface area contributed by atoms with Crippen LogP contribution >= 0.6 is 0 Å². The molecular formula is C5H10N4O. The highest BCUT2D eigenvalue weighted by Gasteiger charge is 2.01. The molecule has 5 nitrogen and oxygen atoms in total. The molecule has 0 aliphatic heterocycles. The van der Waals surface area contributed by atoms with Gasteiger partial charge in [0.1, 0.15) is 0 Å². The highest BCUT2D eigenvalue weighted by Crippen LogP contribution is 2.03. The van der Waals surface area contributed by atoms with E-state index in [2.05, 4.69) is 20.0 Å². The average molecular weight is 142 g/mol. The van der Waals surface area contributed by atoms with Crippen LogP contribution in [0, 0.1) is 0 Å². The summed E-state index contributed by atoms with van der Waals surface area (Å²) in [6.45, 7) is 3.96. The molecule has 0 unspecified atom stereocenters. The lowest BCUT2D eigenvalue weighted by Gasteiger charge is -2.01. The normalized spacial score (nSPS) is 10.3. The molecule has 1 aromatic rings. The van der Waals surface area contributed by atoms with Crippen LogP contribution in [0.1, 0.15) is 13.8 Å². The van der Waals surface area contributed by atoms with Gasteiger partial charge in [-0.15, -0.1) is 0 Å². The number of nitrogens with zero attached hydrogens (tertiary/aromatic N) is 2. The van der Waals surface area contributed by atoms with Crippen LogP contribution in [-0.4, -0.2) is 16.2 Å². The Morgan fingerprint density at radius 2 is 2.30 bits per heavy atom.